The van der Waals surface area contributed by atoms with Crippen molar-refractivity contribution in [1.82, 2.24) is 4.57 Å². The van der Waals surface area contributed by atoms with E-state index in [2.05, 4.69) is 73.1 Å². The van der Waals surface area contributed by atoms with Gasteiger partial charge in [-0.2, -0.15) is 0 Å². The Labute approximate surface area is 182 Å². The van der Waals surface area contributed by atoms with Gasteiger partial charge >= 0.3 is 0 Å². The smallest absolute Gasteiger partial charge is 0.159 e. The molecule has 2 heterocycles. The number of nitrogens with zero attached hydrogens (tertiary/aromatic N) is 1. The largest absolute Gasteiger partial charge is 0.454 e. The molecule has 0 amide bonds. The Hall–Kier alpha value is -2.74. The number of benzene rings is 3. The normalized spacial score (nSPS) is 26.0. The third-order valence-electron chi connectivity index (χ3n) is 8.80. The van der Waals surface area contributed by atoms with Crippen LogP contribution in [-0.2, 0) is 12.5 Å². The van der Waals surface area contributed by atoms with Gasteiger partial charge in [0.25, 0.3) is 0 Å². The lowest BCUT2D eigenvalue weighted by atomic mass is 9.64. The van der Waals surface area contributed by atoms with Crippen molar-refractivity contribution in [1.29, 1.82) is 0 Å². The van der Waals surface area contributed by atoms with Crippen molar-refractivity contribution in [3.8, 4) is 0 Å². The molecule has 0 radical (unpaired) electrons. The molecule has 31 heavy (non-hydrogen) atoms. The molecule has 2 bridgehead atoms. The molecule has 156 valence electrons. The highest BCUT2D eigenvalue weighted by atomic mass is 16.3. The van der Waals surface area contributed by atoms with Crippen LogP contribution >= 0.6 is 0 Å². The predicted octanol–water partition coefficient (Wildman–Crippen LogP) is 8.09. The minimum Gasteiger partial charge on any atom is -0.454 e. The van der Waals surface area contributed by atoms with E-state index in [-0.39, 0.29) is 0 Å². The van der Waals surface area contributed by atoms with E-state index in [4.69, 9.17) is 4.42 Å². The molecule has 2 nitrogen and oxygen atoms in total. The predicted molar refractivity (Wildman–Crippen MR) is 130 cm³/mol. The number of hydrogen-bond donors (Lipinski definition) is 0. The molecule has 2 aliphatic rings. The van der Waals surface area contributed by atoms with E-state index >= 15 is 0 Å². The number of hydrogen-bond acceptors (Lipinski definition) is 1. The number of fused-ring (bicyclic) bond motifs is 9. The van der Waals surface area contributed by atoms with Gasteiger partial charge in [0.1, 0.15) is 5.58 Å². The molecule has 0 saturated heterocycles. The first-order chi connectivity index (χ1) is 15.2. The molecule has 2 fully saturated rings. The second-order valence-electron chi connectivity index (χ2n) is 10.3. The van der Waals surface area contributed by atoms with Crippen molar-refractivity contribution in [2.75, 3.05) is 0 Å². The highest BCUT2D eigenvalue weighted by Crippen LogP contribution is 2.54. The van der Waals surface area contributed by atoms with E-state index in [0.29, 0.717) is 5.41 Å². The Morgan fingerprint density at radius 3 is 2.48 bits per heavy atom. The Balaban J connectivity index is 1.48. The molecule has 2 heteroatoms. The second-order valence-corrected chi connectivity index (χ2v) is 10.3. The summed E-state index contributed by atoms with van der Waals surface area (Å²) in [5.41, 5.74) is 6.40. The lowest BCUT2D eigenvalue weighted by Crippen LogP contribution is -2.33. The standard InChI is InChI=1S/C29H29NO/c1-3-29(16-18-8-9-19(14-18)17-29)20-10-13-26-24(15-20)23-12-11-22-21-6-4-5-7-25(21)30(2)27(22)28(23)31-26/h4-7,10-13,15,18-19H,3,8-9,14,16-17H2,1-2H3. The van der Waals surface area contributed by atoms with E-state index in [1.54, 1.807) is 5.56 Å². The van der Waals surface area contributed by atoms with Crippen molar-refractivity contribution in [3.63, 3.8) is 0 Å². The molecule has 0 spiro atoms. The molecule has 5 aromatic rings. The Morgan fingerprint density at radius 1 is 0.903 bits per heavy atom. The van der Waals surface area contributed by atoms with Crippen LogP contribution < -0.4 is 0 Å². The summed E-state index contributed by atoms with van der Waals surface area (Å²) in [5.74, 6) is 1.87. The summed E-state index contributed by atoms with van der Waals surface area (Å²) >= 11 is 0. The molecule has 2 atom stereocenters. The average Bonchev–Trinajstić information content (AvgIpc) is 3.45. The van der Waals surface area contributed by atoms with Crippen LogP contribution in [0.4, 0.5) is 0 Å². The van der Waals surface area contributed by atoms with E-state index in [9.17, 15) is 0 Å². The third-order valence-corrected chi connectivity index (χ3v) is 8.80. The fourth-order valence-corrected chi connectivity index (χ4v) is 7.29. The molecule has 2 aliphatic carbocycles. The van der Waals surface area contributed by atoms with Gasteiger partial charge in [0.15, 0.2) is 5.58 Å². The summed E-state index contributed by atoms with van der Waals surface area (Å²) < 4.78 is 8.81. The van der Waals surface area contributed by atoms with Crippen molar-refractivity contribution in [2.24, 2.45) is 18.9 Å². The van der Waals surface area contributed by atoms with Crippen LogP contribution in [-0.4, -0.2) is 4.57 Å². The first-order valence-corrected chi connectivity index (χ1v) is 12.0. The summed E-state index contributed by atoms with van der Waals surface area (Å²) in [7, 11) is 2.16. The van der Waals surface area contributed by atoms with Crippen molar-refractivity contribution in [3.05, 3.63) is 60.2 Å². The maximum absolute atomic E-state index is 6.52. The molecule has 2 aromatic heterocycles. The van der Waals surface area contributed by atoms with Gasteiger partial charge in [0.2, 0.25) is 0 Å². The van der Waals surface area contributed by atoms with Gasteiger partial charge in [-0.1, -0.05) is 50.1 Å². The van der Waals surface area contributed by atoms with Crippen LogP contribution in [0.15, 0.2) is 59.0 Å². The topological polar surface area (TPSA) is 18.1 Å². The summed E-state index contributed by atoms with van der Waals surface area (Å²) in [4.78, 5) is 0. The van der Waals surface area contributed by atoms with Crippen LogP contribution in [0.1, 0.15) is 51.0 Å². The molecule has 0 N–H and O–H groups in total. The van der Waals surface area contributed by atoms with E-state index in [0.717, 1.165) is 23.0 Å². The molecular formula is C29H29NO. The minimum absolute atomic E-state index is 0.353. The van der Waals surface area contributed by atoms with Gasteiger partial charge in [0.05, 0.1) is 5.52 Å². The van der Waals surface area contributed by atoms with Crippen molar-refractivity contribution in [2.45, 2.75) is 50.9 Å². The maximum Gasteiger partial charge on any atom is 0.159 e. The fourth-order valence-electron chi connectivity index (χ4n) is 7.29. The lowest BCUT2D eigenvalue weighted by Gasteiger charge is -2.41. The Kier molecular flexibility index (Phi) is 3.55. The van der Waals surface area contributed by atoms with Crippen LogP contribution in [0, 0.1) is 11.8 Å². The van der Waals surface area contributed by atoms with Crippen molar-refractivity contribution >= 4 is 43.7 Å². The minimum atomic E-state index is 0.353. The molecule has 3 aromatic carbocycles. The first kappa shape index (κ1) is 17.9. The highest BCUT2D eigenvalue weighted by Gasteiger charge is 2.43. The highest BCUT2D eigenvalue weighted by molar-refractivity contribution is 6.20. The number of aromatic nitrogens is 1. The zero-order valence-corrected chi connectivity index (χ0v) is 18.4. The number of aryl methyl sites for hydroxylation is 1. The monoisotopic (exact) mass is 407 g/mol. The number of furan rings is 1. The Morgan fingerprint density at radius 2 is 1.68 bits per heavy atom. The molecule has 7 rings (SSSR count). The fraction of sp³-hybridized carbons (Fsp3) is 0.379. The summed E-state index contributed by atoms with van der Waals surface area (Å²) in [6.07, 6.45) is 8.35. The average molecular weight is 408 g/mol. The SMILES string of the molecule is CCC1(c2ccc3oc4c(ccc5c6ccccc6n(C)c54)c3c2)CC2CCC(C2)C1. The van der Waals surface area contributed by atoms with E-state index in [1.165, 1.54) is 71.1 Å². The van der Waals surface area contributed by atoms with E-state index in [1.807, 2.05) is 0 Å². The maximum atomic E-state index is 6.52. The van der Waals surface area contributed by atoms with Crippen LogP contribution in [0.5, 0.6) is 0 Å². The number of para-hydroxylation sites is 1. The third kappa shape index (κ3) is 2.34. The summed E-state index contributed by atoms with van der Waals surface area (Å²) in [6, 6.07) is 20.3. The van der Waals surface area contributed by atoms with Gasteiger partial charge in [-0.15, -0.1) is 0 Å². The quantitative estimate of drug-likeness (QED) is 0.289. The molecule has 0 aliphatic heterocycles. The van der Waals surface area contributed by atoms with Gasteiger partial charge in [-0.25, -0.2) is 0 Å². The first-order valence-electron chi connectivity index (χ1n) is 12.0. The van der Waals surface area contributed by atoms with Crippen molar-refractivity contribution < 1.29 is 4.42 Å². The van der Waals surface area contributed by atoms with Crippen LogP contribution in [0.3, 0.4) is 0 Å². The zero-order chi connectivity index (χ0) is 20.7. The summed E-state index contributed by atoms with van der Waals surface area (Å²) in [5, 5.41) is 5.11. The lowest BCUT2D eigenvalue weighted by molar-refractivity contribution is 0.207. The second kappa shape index (κ2) is 6.16. The van der Waals surface area contributed by atoms with Gasteiger partial charge in [0, 0.05) is 34.1 Å². The van der Waals surface area contributed by atoms with Gasteiger partial charge < -0.3 is 8.98 Å². The summed E-state index contributed by atoms with van der Waals surface area (Å²) in [6.45, 7) is 2.40. The van der Waals surface area contributed by atoms with Gasteiger partial charge in [-0.3, -0.25) is 0 Å². The van der Waals surface area contributed by atoms with Gasteiger partial charge in [-0.05, 0) is 72.8 Å². The zero-order valence-electron chi connectivity index (χ0n) is 18.4. The Bertz CT molecular complexity index is 1470. The van der Waals surface area contributed by atoms with Crippen LogP contribution in [0.25, 0.3) is 43.7 Å². The number of rotatable bonds is 2. The van der Waals surface area contributed by atoms with E-state index < -0.39 is 0 Å². The molecule has 2 saturated carbocycles. The van der Waals surface area contributed by atoms with Crippen LogP contribution in [0.2, 0.25) is 0 Å². The molecular weight excluding hydrogens is 378 g/mol. The molecule has 2 unspecified atom stereocenters.